The quantitative estimate of drug-likeness (QED) is 0.531. The van der Waals surface area contributed by atoms with Crippen LogP contribution in [0.15, 0.2) is 34.4 Å². The number of fused-ring (bicyclic) bond motifs is 2. The van der Waals surface area contributed by atoms with Crippen LogP contribution in [0, 0.1) is 39.9 Å². The van der Waals surface area contributed by atoms with Crippen molar-refractivity contribution < 1.29 is 23.9 Å². The van der Waals surface area contributed by atoms with Crippen molar-refractivity contribution in [2.45, 2.75) is 39.5 Å². The molecule has 0 aliphatic heterocycles. The van der Waals surface area contributed by atoms with Crippen LogP contribution in [-0.4, -0.2) is 30.9 Å². The summed E-state index contributed by atoms with van der Waals surface area (Å²) in [5, 5.41) is 19.9. The Balaban J connectivity index is 2.06. The molecule has 0 N–H and O–H groups in total. The Morgan fingerprint density at radius 2 is 2.00 bits per heavy atom. The first-order valence-corrected chi connectivity index (χ1v) is 9.64. The highest BCUT2D eigenvalue weighted by molar-refractivity contribution is 6.03. The van der Waals surface area contributed by atoms with E-state index in [4.69, 9.17) is 9.47 Å². The Labute approximate surface area is 169 Å². The molecule has 7 nitrogen and oxygen atoms in total. The highest BCUT2D eigenvalue weighted by atomic mass is 16.5. The highest BCUT2D eigenvalue weighted by Gasteiger charge is 2.47. The van der Waals surface area contributed by atoms with Crippen LogP contribution in [0.4, 0.5) is 0 Å². The Kier molecular flexibility index (Phi) is 5.70. The van der Waals surface area contributed by atoms with E-state index in [2.05, 4.69) is 12.1 Å². The van der Waals surface area contributed by atoms with Crippen LogP contribution in [0.3, 0.4) is 0 Å². The molecule has 3 rings (SSSR count). The molecule has 0 heterocycles. The van der Waals surface area contributed by atoms with Crippen molar-refractivity contribution in [3.05, 3.63) is 34.4 Å². The number of carbonyl (C=O) groups is 3. The van der Waals surface area contributed by atoms with E-state index >= 15 is 0 Å². The number of nitrogens with zero attached hydrogens (tertiary/aromatic N) is 2. The molecule has 3 aliphatic rings. The molecule has 7 heteroatoms. The fraction of sp³-hybridized carbons (Fsp3) is 0.500. The van der Waals surface area contributed by atoms with Crippen LogP contribution in [0.1, 0.15) is 39.5 Å². The van der Waals surface area contributed by atoms with Gasteiger partial charge in [-0.05, 0) is 36.5 Å². The second-order valence-corrected chi connectivity index (χ2v) is 7.52. The number of Topliss-reactive ketones (excluding diaryl/α,β-unsaturated/α-hetero) is 1. The van der Waals surface area contributed by atoms with E-state index in [-0.39, 0.29) is 43.0 Å². The van der Waals surface area contributed by atoms with Crippen molar-refractivity contribution in [2.24, 2.45) is 17.3 Å². The van der Waals surface area contributed by atoms with Crippen molar-refractivity contribution in [1.29, 1.82) is 10.5 Å². The maximum atomic E-state index is 12.5. The molecule has 3 aliphatic carbocycles. The van der Waals surface area contributed by atoms with Gasteiger partial charge in [-0.25, -0.2) is 0 Å². The van der Waals surface area contributed by atoms with E-state index in [1.165, 1.54) is 6.92 Å². The zero-order valence-corrected chi connectivity index (χ0v) is 16.5. The summed E-state index contributed by atoms with van der Waals surface area (Å²) in [6.45, 7) is 3.14. The predicted molar refractivity (Wildman–Crippen MR) is 101 cm³/mol. The topological polar surface area (TPSA) is 117 Å². The Hall–Kier alpha value is -3.19. The Bertz CT molecular complexity index is 927. The third-order valence-corrected chi connectivity index (χ3v) is 5.76. The van der Waals surface area contributed by atoms with Gasteiger partial charge in [0.05, 0.1) is 24.7 Å². The first-order valence-electron chi connectivity index (χ1n) is 9.64. The molecule has 29 heavy (non-hydrogen) atoms. The summed E-state index contributed by atoms with van der Waals surface area (Å²) in [6.07, 6.45) is 4.78. The van der Waals surface area contributed by atoms with Gasteiger partial charge in [-0.15, -0.1) is 0 Å². The molecule has 0 fully saturated rings. The molecule has 150 valence electrons. The first-order chi connectivity index (χ1) is 13.8. The number of esters is 2. The third kappa shape index (κ3) is 3.73. The second kappa shape index (κ2) is 8.05. The normalized spacial score (nSPS) is 24.8. The number of nitriles is 2. The molecule has 2 atom stereocenters. The minimum atomic E-state index is -1.43. The lowest BCUT2D eigenvalue weighted by Gasteiger charge is -2.32. The fourth-order valence-corrected chi connectivity index (χ4v) is 4.36. The van der Waals surface area contributed by atoms with Gasteiger partial charge in [0.25, 0.3) is 0 Å². The van der Waals surface area contributed by atoms with Crippen molar-refractivity contribution in [1.82, 2.24) is 0 Å². The number of ketones is 1. The molecular formula is C22H22N2O5. The van der Waals surface area contributed by atoms with E-state index in [0.29, 0.717) is 36.2 Å². The minimum absolute atomic E-state index is 0.0700. The van der Waals surface area contributed by atoms with E-state index in [1.54, 1.807) is 6.92 Å². The fourth-order valence-electron chi connectivity index (χ4n) is 4.36. The number of hydrogen-bond donors (Lipinski definition) is 0. The van der Waals surface area contributed by atoms with Crippen molar-refractivity contribution >= 4 is 17.7 Å². The van der Waals surface area contributed by atoms with Crippen molar-refractivity contribution in [2.75, 3.05) is 13.2 Å². The molecule has 0 radical (unpaired) electrons. The molecule has 0 aromatic rings. The average molecular weight is 394 g/mol. The molecular weight excluding hydrogens is 372 g/mol. The molecule has 0 bridgehead atoms. The maximum Gasteiger partial charge on any atom is 0.309 e. The lowest BCUT2D eigenvalue weighted by Crippen LogP contribution is -2.30. The van der Waals surface area contributed by atoms with Gasteiger partial charge in [0.15, 0.2) is 11.2 Å². The summed E-state index contributed by atoms with van der Waals surface area (Å²) in [4.78, 5) is 36.0. The Morgan fingerprint density at radius 1 is 1.28 bits per heavy atom. The number of rotatable bonds is 4. The van der Waals surface area contributed by atoms with Gasteiger partial charge in [0, 0.05) is 31.3 Å². The average Bonchev–Trinajstić information content (AvgIpc) is 2.90. The summed E-state index contributed by atoms with van der Waals surface area (Å²) in [7, 11) is 0. The molecule has 0 aromatic heterocycles. The SMILES string of the molecule is CCOC(=O)C1CC=C2C(C=C3CC(=O)C(COC(C)=O)=C3CC2(C#N)C#N)C1. The van der Waals surface area contributed by atoms with E-state index in [0.717, 1.165) is 5.57 Å². The first kappa shape index (κ1) is 20.5. The van der Waals surface area contributed by atoms with Crippen molar-refractivity contribution in [3.8, 4) is 12.1 Å². The second-order valence-electron chi connectivity index (χ2n) is 7.52. The molecule has 0 saturated carbocycles. The zero-order valence-electron chi connectivity index (χ0n) is 16.5. The molecule has 0 amide bonds. The minimum Gasteiger partial charge on any atom is -0.466 e. The number of ether oxygens (including phenoxy) is 2. The number of carbonyl (C=O) groups excluding carboxylic acids is 3. The summed E-state index contributed by atoms with van der Waals surface area (Å²) >= 11 is 0. The van der Waals surface area contributed by atoms with Gasteiger partial charge in [0.2, 0.25) is 0 Å². The van der Waals surface area contributed by atoms with Crippen LogP contribution >= 0.6 is 0 Å². The largest absolute Gasteiger partial charge is 0.466 e. The monoisotopic (exact) mass is 394 g/mol. The van der Waals surface area contributed by atoms with Crippen LogP contribution in [0.2, 0.25) is 0 Å². The zero-order chi connectivity index (χ0) is 21.2. The predicted octanol–water partition coefficient (Wildman–Crippen LogP) is 2.70. The van der Waals surface area contributed by atoms with Crippen LogP contribution in [0.25, 0.3) is 0 Å². The van der Waals surface area contributed by atoms with Gasteiger partial charge >= 0.3 is 11.9 Å². The molecule has 0 saturated heterocycles. The molecule has 2 unspecified atom stereocenters. The van der Waals surface area contributed by atoms with Crippen LogP contribution in [-0.2, 0) is 23.9 Å². The summed E-state index contributed by atoms with van der Waals surface area (Å²) in [6, 6.07) is 4.31. The maximum absolute atomic E-state index is 12.5. The summed E-state index contributed by atoms with van der Waals surface area (Å²) in [5.41, 5.74) is 0.968. The van der Waals surface area contributed by atoms with Gasteiger partial charge in [0.1, 0.15) is 6.61 Å². The number of hydrogen-bond acceptors (Lipinski definition) is 7. The van der Waals surface area contributed by atoms with E-state index < -0.39 is 11.4 Å². The smallest absolute Gasteiger partial charge is 0.309 e. The summed E-state index contributed by atoms with van der Waals surface area (Å²) in [5.74, 6) is -1.61. The van der Waals surface area contributed by atoms with E-state index in [9.17, 15) is 24.9 Å². The number of allylic oxidation sites excluding steroid dienone is 5. The third-order valence-electron chi connectivity index (χ3n) is 5.76. The lowest BCUT2D eigenvalue weighted by atomic mass is 9.68. The summed E-state index contributed by atoms with van der Waals surface area (Å²) < 4.78 is 10.2. The van der Waals surface area contributed by atoms with E-state index in [1.807, 2.05) is 12.2 Å². The van der Waals surface area contributed by atoms with Crippen LogP contribution < -0.4 is 0 Å². The van der Waals surface area contributed by atoms with Gasteiger partial charge < -0.3 is 9.47 Å². The standard InChI is InChI=1S/C22H22N2O5/c1-3-28-21(27)14-4-5-19-16(6-14)7-15-8-20(26)18(10-29-13(2)25)17(15)9-22(19,11-23)12-24/h5,7,14,16H,3-4,6,8-10H2,1-2H3. The van der Waals surface area contributed by atoms with Crippen LogP contribution in [0.5, 0.6) is 0 Å². The van der Waals surface area contributed by atoms with Gasteiger partial charge in [-0.2, -0.15) is 10.5 Å². The van der Waals surface area contributed by atoms with Crippen molar-refractivity contribution in [3.63, 3.8) is 0 Å². The molecule has 0 aromatic carbocycles. The van der Waals surface area contributed by atoms with Gasteiger partial charge in [-0.1, -0.05) is 12.2 Å². The molecule has 0 spiro atoms. The Morgan fingerprint density at radius 3 is 2.62 bits per heavy atom. The van der Waals surface area contributed by atoms with Gasteiger partial charge in [-0.3, -0.25) is 14.4 Å². The highest BCUT2D eigenvalue weighted by Crippen LogP contribution is 2.50. The lowest BCUT2D eigenvalue weighted by molar-refractivity contribution is -0.148.